The summed E-state index contributed by atoms with van der Waals surface area (Å²) in [5, 5.41) is 3.24. The van der Waals surface area contributed by atoms with E-state index in [0.717, 1.165) is 25.0 Å². The van der Waals surface area contributed by atoms with Crippen molar-refractivity contribution in [3.63, 3.8) is 0 Å². The lowest BCUT2D eigenvalue weighted by atomic mass is 9.85. The van der Waals surface area contributed by atoms with E-state index in [2.05, 4.69) is 12.2 Å². The molecule has 0 unspecified atom stereocenters. The van der Waals surface area contributed by atoms with Crippen molar-refractivity contribution in [3.05, 3.63) is 71.9 Å². The summed E-state index contributed by atoms with van der Waals surface area (Å²) in [5.74, 6) is 0.102. The molecule has 2 aromatic heterocycles. The Balaban J connectivity index is 1.54. The van der Waals surface area contributed by atoms with Gasteiger partial charge in [0.15, 0.2) is 0 Å². The van der Waals surface area contributed by atoms with E-state index < -0.39 is 11.4 Å². The molecule has 3 heterocycles. The Morgan fingerprint density at radius 3 is 2.62 bits per heavy atom. The van der Waals surface area contributed by atoms with Crippen LogP contribution in [0.25, 0.3) is 11.5 Å². The molecule has 0 spiro atoms. The van der Waals surface area contributed by atoms with Crippen LogP contribution in [0.4, 0.5) is 4.39 Å². The van der Waals surface area contributed by atoms with Gasteiger partial charge in [-0.2, -0.15) is 0 Å². The molecule has 3 aromatic rings. The fraction of sp³-hybridized carbons (Fsp3) is 0.407. The Hall–Kier alpha value is -3.35. The summed E-state index contributed by atoms with van der Waals surface area (Å²) in [6, 6.07) is 13.7. The number of furan rings is 1. The van der Waals surface area contributed by atoms with E-state index in [1.165, 1.54) is 17.4 Å². The van der Waals surface area contributed by atoms with Crippen LogP contribution in [0.2, 0.25) is 0 Å². The van der Waals surface area contributed by atoms with Gasteiger partial charge in [0.1, 0.15) is 22.8 Å². The molecular formula is C27H30FN3O3. The van der Waals surface area contributed by atoms with Crippen LogP contribution < -0.4 is 5.32 Å². The molecular weight excluding hydrogens is 433 g/mol. The molecule has 0 radical (unpaired) electrons. The van der Waals surface area contributed by atoms with E-state index in [1.807, 2.05) is 16.7 Å². The highest BCUT2D eigenvalue weighted by Gasteiger charge is 2.48. The first-order valence-corrected chi connectivity index (χ1v) is 12.0. The van der Waals surface area contributed by atoms with Crippen molar-refractivity contribution in [3.8, 4) is 11.5 Å². The minimum Gasteiger partial charge on any atom is -0.463 e. The third-order valence-corrected chi connectivity index (χ3v) is 7.48. The van der Waals surface area contributed by atoms with Crippen LogP contribution in [0, 0.1) is 11.7 Å². The molecule has 2 amide bonds. The van der Waals surface area contributed by atoms with Crippen LogP contribution in [0.1, 0.15) is 55.6 Å². The summed E-state index contributed by atoms with van der Waals surface area (Å²) in [6.07, 6.45) is 5.83. The maximum Gasteiger partial charge on any atom is 0.271 e. The lowest BCUT2D eigenvalue weighted by molar-refractivity contribution is -0.134. The number of fused-ring (bicyclic) bond motifs is 1. The first-order chi connectivity index (χ1) is 16.4. The maximum absolute atomic E-state index is 14.6. The number of amides is 2. The van der Waals surface area contributed by atoms with Crippen LogP contribution in [0.5, 0.6) is 0 Å². The zero-order valence-electron chi connectivity index (χ0n) is 19.6. The number of halogens is 1. The number of benzene rings is 1. The lowest BCUT2D eigenvalue weighted by Gasteiger charge is -2.45. The van der Waals surface area contributed by atoms with Crippen LogP contribution in [0.15, 0.2) is 59.2 Å². The lowest BCUT2D eigenvalue weighted by Crippen LogP contribution is -2.65. The summed E-state index contributed by atoms with van der Waals surface area (Å²) in [5.41, 5.74) is 0.374. The third kappa shape index (κ3) is 3.83. The number of carbonyl (C=O) groups excluding carboxylic acids is 2. The van der Waals surface area contributed by atoms with Gasteiger partial charge in [-0.05, 0) is 56.0 Å². The number of hydrogen-bond acceptors (Lipinski definition) is 3. The molecule has 1 fully saturated rings. The van der Waals surface area contributed by atoms with Gasteiger partial charge >= 0.3 is 0 Å². The quantitative estimate of drug-likeness (QED) is 0.579. The molecule has 1 N–H and O–H groups in total. The van der Waals surface area contributed by atoms with E-state index in [1.54, 1.807) is 43.5 Å². The van der Waals surface area contributed by atoms with E-state index in [9.17, 15) is 14.0 Å². The number of hydrogen-bond donors (Lipinski definition) is 1. The van der Waals surface area contributed by atoms with E-state index in [0.29, 0.717) is 22.9 Å². The van der Waals surface area contributed by atoms with Crippen molar-refractivity contribution in [2.75, 3.05) is 0 Å². The standard InChI is InChI=1S/C27H30FN3O3/c1-18-8-3-6-11-21(18)29-26(33)27(2)17-30-22(24-12-7-15-34-24)13-14-23(30)25(32)31(27)16-19-9-4-5-10-20(19)28/h4-5,7,9-10,12-15,18,21H,3,6,8,11,16-17H2,1-2H3,(H,29,33)/t18-,21+,27+/m1/s1. The Labute approximate surface area is 198 Å². The number of carbonyl (C=O) groups is 2. The molecule has 0 bridgehead atoms. The molecule has 34 heavy (non-hydrogen) atoms. The molecule has 3 atom stereocenters. The van der Waals surface area contributed by atoms with Crippen LogP contribution in [0.3, 0.4) is 0 Å². The van der Waals surface area contributed by atoms with Crippen LogP contribution >= 0.6 is 0 Å². The molecule has 6 nitrogen and oxygen atoms in total. The molecule has 1 aliphatic heterocycles. The van der Waals surface area contributed by atoms with Gasteiger partial charge in [-0.3, -0.25) is 9.59 Å². The molecule has 178 valence electrons. The number of nitrogens with one attached hydrogen (secondary N) is 1. The predicted octanol–water partition coefficient (Wildman–Crippen LogP) is 5.00. The van der Waals surface area contributed by atoms with Crippen molar-refractivity contribution >= 4 is 11.8 Å². The van der Waals surface area contributed by atoms with Crippen LogP contribution in [-0.4, -0.2) is 32.9 Å². The van der Waals surface area contributed by atoms with Crippen molar-refractivity contribution in [1.82, 2.24) is 14.8 Å². The monoisotopic (exact) mass is 463 g/mol. The Kier molecular flexibility index (Phi) is 5.80. The van der Waals surface area contributed by atoms with Gasteiger partial charge in [-0.15, -0.1) is 0 Å². The summed E-state index contributed by atoms with van der Waals surface area (Å²) < 4.78 is 22.0. The molecule has 0 saturated heterocycles. The first kappa shape index (κ1) is 22.4. The fourth-order valence-corrected chi connectivity index (χ4v) is 5.31. The van der Waals surface area contributed by atoms with Gasteiger partial charge in [-0.25, -0.2) is 4.39 Å². The molecule has 5 rings (SSSR count). The number of aromatic nitrogens is 1. The zero-order chi connectivity index (χ0) is 23.9. The average Bonchev–Trinajstić information content (AvgIpc) is 3.49. The number of rotatable bonds is 5. The Bertz CT molecular complexity index is 1200. The Morgan fingerprint density at radius 2 is 1.88 bits per heavy atom. The van der Waals surface area contributed by atoms with Crippen molar-refractivity contribution < 1.29 is 18.4 Å². The molecule has 1 aromatic carbocycles. The zero-order valence-corrected chi connectivity index (χ0v) is 19.6. The highest BCUT2D eigenvalue weighted by atomic mass is 19.1. The highest BCUT2D eigenvalue weighted by Crippen LogP contribution is 2.35. The molecule has 7 heteroatoms. The van der Waals surface area contributed by atoms with Crippen molar-refractivity contribution in [2.45, 2.75) is 64.2 Å². The van der Waals surface area contributed by atoms with E-state index in [4.69, 9.17) is 4.42 Å². The van der Waals surface area contributed by atoms with E-state index in [-0.39, 0.29) is 30.9 Å². The third-order valence-electron chi connectivity index (χ3n) is 7.48. The topological polar surface area (TPSA) is 67.5 Å². The number of nitrogens with zero attached hydrogens (tertiary/aromatic N) is 2. The van der Waals surface area contributed by atoms with Crippen molar-refractivity contribution in [1.29, 1.82) is 0 Å². The van der Waals surface area contributed by atoms with Gasteiger partial charge in [0.05, 0.1) is 25.0 Å². The normalized spacial score (nSPS) is 24.7. The first-order valence-electron chi connectivity index (χ1n) is 12.0. The van der Waals surface area contributed by atoms with Gasteiger partial charge < -0.3 is 19.2 Å². The largest absolute Gasteiger partial charge is 0.463 e. The smallest absolute Gasteiger partial charge is 0.271 e. The van der Waals surface area contributed by atoms with E-state index >= 15 is 0 Å². The minimum absolute atomic E-state index is 0.0108. The highest BCUT2D eigenvalue weighted by molar-refractivity contribution is 6.00. The summed E-state index contributed by atoms with van der Waals surface area (Å²) in [4.78, 5) is 29.1. The maximum atomic E-state index is 14.6. The second kappa shape index (κ2) is 8.78. The van der Waals surface area contributed by atoms with Gasteiger partial charge in [0, 0.05) is 11.6 Å². The summed E-state index contributed by atoms with van der Waals surface area (Å²) in [6.45, 7) is 4.20. The van der Waals surface area contributed by atoms with Gasteiger partial charge in [-0.1, -0.05) is 38.0 Å². The molecule has 1 saturated carbocycles. The van der Waals surface area contributed by atoms with Crippen LogP contribution in [-0.2, 0) is 17.9 Å². The summed E-state index contributed by atoms with van der Waals surface area (Å²) >= 11 is 0. The van der Waals surface area contributed by atoms with Crippen molar-refractivity contribution in [2.24, 2.45) is 5.92 Å². The molecule has 1 aliphatic carbocycles. The predicted molar refractivity (Wildman–Crippen MR) is 126 cm³/mol. The molecule has 2 aliphatic rings. The summed E-state index contributed by atoms with van der Waals surface area (Å²) in [7, 11) is 0. The average molecular weight is 464 g/mol. The second-order valence-corrected chi connectivity index (χ2v) is 9.77. The fourth-order valence-electron chi connectivity index (χ4n) is 5.31. The van der Waals surface area contributed by atoms with Gasteiger partial charge in [0.25, 0.3) is 5.91 Å². The minimum atomic E-state index is -1.20. The van der Waals surface area contributed by atoms with Gasteiger partial charge in [0.2, 0.25) is 5.91 Å². The SMILES string of the molecule is C[C@@H]1CCCC[C@@H]1NC(=O)[C@]1(C)Cn2c(ccc2-c2ccco2)C(=O)N1Cc1ccccc1F. The second-order valence-electron chi connectivity index (χ2n) is 9.77. The Morgan fingerprint density at radius 1 is 1.12 bits per heavy atom.